The average molecular weight is 269 g/mol. The monoisotopic (exact) mass is 269 g/mol. The van der Waals surface area contributed by atoms with Crippen molar-refractivity contribution in [2.45, 2.75) is 0 Å². The standard InChI is InChI=1S/C15H15N3O2/c1-2-14(19)11-3-4-12-13(9-11)17-15(10-16-12)18-5-7-20-8-6-18/h2-4,9-10H,1,5-8H2. The first-order valence-corrected chi connectivity index (χ1v) is 6.54. The third-order valence-electron chi connectivity index (χ3n) is 3.33. The van der Waals surface area contributed by atoms with E-state index in [9.17, 15) is 4.79 Å². The van der Waals surface area contributed by atoms with E-state index in [2.05, 4.69) is 21.4 Å². The fourth-order valence-corrected chi connectivity index (χ4v) is 2.22. The van der Waals surface area contributed by atoms with Gasteiger partial charge in [0.1, 0.15) is 5.82 Å². The van der Waals surface area contributed by atoms with Crippen LogP contribution in [0, 0.1) is 0 Å². The fraction of sp³-hybridized carbons (Fsp3) is 0.267. The number of hydrogen-bond acceptors (Lipinski definition) is 5. The minimum atomic E-state index is -0.106. The van der Waals surface area contributed by atoms with Crippen LogP contribution in [-0.4, -0.2) is 42.1 Å². The molecule has 102 valence electrons. The Labute approximate surface area is 116 Å². The van der Waals surface area contributed by atoms with Gasteiger partial charge in [-0.2, -0.15) is 0 Å². The van der Waals surface area contributed by atoms with Crippen molar-refractivity contribution < 1.29 is 9.53 Å². The van der Waals surface area contributed by atoms with Crippen LogP contribution in [0.25, 0.3) is 11.0 Å². The summed E-state index contributed by atoms with van der Waals surface area (Å²) in [6.45, 7) is 6.53. The number of morpholine rings is 1. The van der Waals surface area contributed by atoms with Crippen molar-refractivity contribution in [2.24, 2.45) is 0 Å². The largest absolute Gasteiger partial charge is 0.378 e. The van der Waals surface area contributed by atoms with E-state index in [-0.39, 0.29) is 5.78 Å². The van der Waals surface area contributed by atoms with E-state index in [0.29, 0.717) is 18.8 Å². The lowest BCUT2D eigenvalue weighted by molar-refractivity contribution is 0.104. The summed E-state index contributed by atoms with van der Waals surface area (Å²) in [5.41, 5.74) is 2.09. The van der Waals surface area contributed by atoms with Gasteiger partial charge in [-0.1, -0.05) is 6.58 Å². The number of aromatic nitrogens is 2. The lowest BCUT2D eigenvalue weighted by Gasteiger charge is -2.27. The van der Waals surface area contributed by atoms with Crippen molar-refractivity contribution in [1.29, 1.82) is 0 Å². The highest BCUT2D eigenvalue weighted by Crippen LogP contribution is 2.18. The first kappa shape index (κ1) is 12.7. The molecule has 5 nitrogen and oxygen atoms in total. The molecule has 20 heavy (non-hydrogen) atoms. The van der Waals surface area contributed by atoms with E-state index in [4.69, 9.17) is 4.74 Å². The maximum atomic E-state index is 11.7. The number of allylic oxidation sites excluding steroid dienone is 1. The predicted octanol–water partition coefficient (Wildman–Crippen LogP) is 1.84. The zero-order chi connectivity index (χ0) is 13.9. The summed E-state index contributed by atoms with van der Waals surface area (Å²) < 4.78 is 5.33. The van der Waals surface area contributed by atoms with Gasteiger partial charge in [0.25, 0.3) is 0 Å². The summed E-state index contributed by atoms with van der Waals surface area (Å²) in [6.07, 6.45) is 3.07. The molecule has 5 heteroatoms. The highest BCUT2D eigenvalue weighted by Gasteiger charge is 2.13. The van der Waals surface area contributed by atoms with Gasteiger partial charge in [0.15, 0.2) is 5.78 Å². The van der Waals surface area contributed by atoms with E-state index in [1.807, 2.05) is 6.07 Å². The molecule has 2 heterocycles. The van der Waals surface area contributed by atoms with Crippen LogP contribution < -0.4 is 4.90 Å². The van der Waals surface area contributed by atoms with Crippen LogP contribution >= 0.6 is 0 Å². The Hall–Kier alpha value is -2.27. The zero-order valence-electron chi connectivity index (χ0n) is 11.1. The number of anilines is 1. The van der Waals surface area contributed by atoms with Crippen LogP contribution in [0.2, 0.25) is 0 Å². The minimum absolute atomic E-state index is 0.106. The molecule has 1 aromatic heterocycles. The maximum Gasteiger partial charge on any atom is 0.185 e. The van der Waals surface area contributed by atoms with Crippen LogP contribution in [0.3, 0.4) is 0 Å². The number of hydrogen-bond donors (Lipinski definition) is 0. The number of fused-ring (bicyclic) bond motifs is 1. The Morgan fingerprint density at radius 1 is 1.30 bits per heavy atom. The second-order valence-corrected chi connectivity index (χ2v) is 4.60. The number of nitrogens with zero attached hydrogens (tertiary/aromatic N) is 3. The minimum Gasteiger partial charge on any atom is -0.378 e. The van der Waals surface area contributed by atoms with Crippen LogP contribution in [0.1, 0.15) is 10.4 Å². The van der Waals surface area contributed by atoms with E-state index in [1.54, 1.807) is 18.3 Å². The third kappa shape index (κ3) is 2.40. The summed E-state index contributed by atoms with van der Waals surface area (Å²) in [7, 11) is 0. The SMILES string of the molecule is C=CC(=O)c1ccc2ncc(N3CCOCC3)nc2c1. The molecule has 1 saturated heterocycles. The number of ether oxygens (including phenoxy) is 1. The molecule has 3 rings (SSSR count). The average Bonchev–Trinajstić information content (AvgIpc) is 2.54. The van der Waals surface area contributed by atoms with Crippen molar-refractivity contribution >= 4 is 22.6 Å². The first-order valence-electron chi connectivity index (χ1n) is 6.54. The summed E-state index contributed by atoms with van der Waals surface area (Å²) in [5, 5.41) is 0. The van der Waals surface area contributed by atoms with Crippen molar-refractivity contribution in [2.75, 3.05) is 31.2 Å². The van der Waals surface area contributed by atoms with Gasteiger partial charge in [-0.25, -0.2) is 4.98 Å². The number of carbonyl (C=O) groups excluding carboxylic acids is 1. The molecule has 0 saturated carbocycles. The molecule has 2 aromatic rings. The fourth-order valence-electron chi connectivity index (χ4n) is 2.22. The van der Waals surface area contributed by atoms with E-state index in [0.717, 1.165) is 29.9 Å². The number of ketones is 1. The van der Waals surface area contributed by atoms with Gasteiger partial charge >= 0.3 is 0 Å². The lowest BCUT2D eigenvalue weighted by atomic mass is 10.1. The molecule has 1 fully saturated rings. The van der Waals surface area contributed by atoms with Gasteiger partial charge in [-0.05, 0) is 24.3 Å². The molecule has 0 bridgehead atoms. The second kappa shape index (κ2) is 5.38. The summed E-state index contributed by atoms with van der Waals surface area (Å²) >= 11 is 0. The molecule has 0 atom stereocenters. The zero-order valence-corrected chi connectivity index (χ0v) is 11.1. The van der Waals surface area contributed by atoms with Crippen LogP contribution in [0.15, 0.2) is 37.1 Å². The van der Waals surface area contributed by atoms with Crippen molar-refractivity contribution in [1.82, 2.24) is 9.97 Å². The summed E-state index contributed by atoms with van der Waals surface area (Å²) in [4.78, 5) is 22.8. The molecule has 0 aliphatic carbocycles. The van der Waals surface area contributed by atoms with Crippen LogP contribution in [0.5, 0.6) is 0 Å². The van der Waals surface area contributed by atoms with Crippen molar-refractivity contribution in [3.63, 3.8) is 0 Å². The smallest absolute Gasteiger partial charge is 0.185 e. The number of benzene rings is 1. The van der Waals surface area contributed by atoms with Gasteiger partial charge in [0.2, 0.25) is 0 Å². The van der Waals surface area contributed by atoms with Crippen molar-refractivity contribution in [3.05, 3.63) is 42.6 Å². The Balaban J connectivity index is 1.99. The number of carbonyl (C=O) groups is 1. The lowest BCUT2D eigenvalue weighted by Crippen LogP contribution is -2.36. The first-order chi connectivity index (χ1) is 9.78. The highest BCUT2D eigenvalue weighted by atomic mass is 16.5. The van der Waals surface area contributed by atoms with E-state index >= 15 is 0 Å². The van der Waals surface area contributed by atoms with Gasteiger partial charge in [-0.15, -0.1) is 0 Å². The van der Waals surface area contributed by atoms with Crippen LogP contribution in [-0.2, 0) is 4.74 Å². The third-order valence-corrected chi connectivity index (χ3v) is 3.33. The molecule has 1 aliphatic rings. The second-order valence-electron chi connectivity index (χ2n) is 4.60. The molecule has 0 unspecified atom stereocenters. The highest BCUT2D eigenvalue weighted by molar-refractivity contribution is 6.05. The van der Waals surface area contributed by atoms with Crippen LogP contribution in [0.4, 0.5) is 5.82 Å². The van der Waals surface area contributed by atoms with Gasteiger partial charge in [-0.3, -0.25) is 9.78 Å². The Morgan fingerprint density at radius 2 is 2.10 bits per heavy atom. The normalized spacial score (nSPS) is 15.3. The molecule has 1 aromatic carbocycles. The maximum absolute atomic E-state index is 11.7. The summed E-state index contributed by atoms with van der Waals surface area (Å²) in [6, 6.07) is 5.31. The Morgan fingerprint density at radius 3 is 2.85 bits per heavy atom. The molecule has 0 N–H and O–H groups in total. The van der Waals surface area contributed by atoms with Crippen molar-refractivity contribution in [3.8, 4) is 0 Å². The van der Waals surface area contributed by atoms with E-state index in [1.165, 1.54) is 6.08 Å². The van der Waals surface area contributed by atoms with Gasteiger partial charge in [0.05, 0.1) is 30.4 Å². The number of rotatable bonds is 3. The molecular weight excluding hydrogens is 254 g/mol. The van der Waals surface area contributed by atoms with Gasteiger partial charge < -0.3 is 9.64 Å². The molecule has 0 radical (unpaired) electrons. The summed E-state index contributed by atoms with van der Waals surface area (Å²) in [5.74, 6) is 0.717. The van der Waals surface area contributed by atoms with Gasteiger partial charge in [0, 0.05) is 18.7 Å². The Kier molecular flexibility index (Phi) is 3.43. The van der Waals surface area contributed by atoms with E-state index < -0.39 is 0 Å². The topological polar surface area (TPSA) is 55.3 Å². The molecule has 0 spiro atoms. The molecular formula is C15H15N3O2. The molecule has 1 aliphatic heterocycles. The predicted molar refractivity (Wildman–Crippen MR) is 77.1 cm³/mol. The molecule has 0 amide bonds. The Bertz CT molecular complexity index is 663. The quantitative estimate of drug-likeness (QED) is 0.628.